The minimum atomic E-state index is -3.89. The number of amides is 2. The smallest absolute Gasteiger partial charge is 0.244 e. The summed E-state index contributed by atoms with van der Waals surface area (Å²) in [6, 6.07) is 19.3. The number of nitrogens with zero attached hydrogens (tertiary/aromatic N) is 1. The van der Waals surface area contributed by atoms with Crippen LogP contribution in [0.2, 0.25) is 0 Å². The summed E-state index contributed by atoms with van der Waals surface area (Å²) < 4.78 is 42.0. The molecular weight excluding hydrogens is 457 g/mol. The van der Waals surface area contributed by atoms with Gasteiger partial charge in [0.25, 0.3) is 0 Å². The van der Waals surface area contributed by atoms with Crippen molar-refractivity contribution < 1.29 is 22.4 Å². The summed E-state index contributed by atoms with van der Waals surface area (Å²) in [5, 5.41) is 5.86. The lowest BCUT2D eigenvalue weighted by Crippen LogP contribution is -2.18. The van der Waals surface area contributed by atoms with Crippen LogP contribution >= 0.6 is 0 Å². The van der Waals surface area contributed by atoms with E-state index in [-0.39, 0.29) is 28.8 Å². The molecule has 7 nitrogen and oxygen atoms in total. The molecule has 2 amide bonds. The fourth-order valence-electron chi connectivity index (χ4n) is 3.72. The predicted octanol–water partition coefficient (Wildman–Crippen LogP) is 4.35. The molecule has 0 unspecified atom stereocenters. The molecule has 0 aliphatic carbocycles. The minimum Gasteiger partial charge on any atom is -0.337 e. The van der Waals surface area contributed by atoms with Crippen molar-refractivity contribution in [2.45, 2.75) is 24.1 Å². The highest BCUT2D eigenvalue weighted by atomic mass is 32.2. The molecule has 9 heteroatoms. The van der Waals surface area contributed by atoms with Crippen molar-refractivity contribution in [2.24, 2.45) is 0 Å². The van der Waals surface area contributed by atoms with Gasteiger partial charge in [-0.3, -0.25) is 9.59 Å². The number of benzene rings is 3. The molecule has 0 aliphatic rings. The van der Waals surface area contributed by atoms with Crippen molar-refractivity contribution in [2.75, 3.05) is 10.6 Å². The Morgan fingerprint density at radius 1 is 0.912 bits per heavy atom. The molecule has 174 valence electrons. The van der Waals surface area contributed by atoms with Crippen LogP contribution in [-0.2, 0) is 31.7 Å². The number of para-hydroxylation sites is 1. The SMILES string of the molecule is CC(=O)Nc1cccc(NC(=O)Cn2cc(S(=O)(=O)Cc3ccccc3F)c3ccccc32)c1. The molecule has 4 aromatic rings. The van der Waals surface area contributed by atoms with Crippen LogP contribution < -0.4 is 10.6 Å². The second kappa shape index (κ2) is 9.48. The Labute approximate surface area is 196 Å². The standard InChI is InChI=1S/C25H22FN3O4S/c1-17(30)27-19-8-6-9-20(13-19)28-25(31)15-29-14-24(21-10-3-5-12-23(21)29)34(32,33)16-18-7-2-4-11-22(18)26/h2-14H,15-16H2,1H3,(H,27,30)(H,28,31). The summed E-state index contributed by atoms with van der Waals surface area (Å²) in [5.41, 5.74) is 1.67. The molecule has 3 aromatic carbocycles. The largest absolute Gasteiger partial charge is 0.337 e. The Morgan fingerprint density at radius 3 is 2.32 bits per heavy atom. The number of anilines is 2. The molecule has 1 aromatic heterocycles. The van der Waals surface area contributed by atoms with Gasteiger partial charge in [-0.05, 0) is 30.3 Å². The number of hydrogen-bond acceptors (Lipinski definition) is 4. The van der Waals surface area contributed by atoms with Crippen LogP contribution in [0.3, 0.4) is 0 Å². The number of aromatic nitrogens is 1. The van der Waals surface area contributed by atoms with Crippen molar-refractivity contribution in [1.29, 1.82) is 0 Å². The quantitative estimate of drug-likeness (QED) is 0.412. The van der Waals surface area contributed by atoms with E-state index in [0.717, 1.165) is 0 Å². The van der Waals surface area contributed by atoms with Gasteiger partial charge in [-0.25, -0.2) is 12.8 Å². The summed E-state index contributed by atoms with van der Waals surface area (Å²) in [6.45, 7) is 1.25. The van der Waals surface area contributed by atoms with Crippen LogP contribution in [0.4, 0.5) is 15.8 Å². The molecule has 0 saturated heterocycles. The number of halogens is 1. The lowest BCUT2D eigenvalue weighted by molar-refractivity contribution is -0.116. The summed E-state index contributed by atoms with van der Waals surface area (Å²) in [6.07, 6.45) is 1.41. The number of fused-ring (bicyclic) bond motifs is 1. The maximum atomic E-state index is 14.1. The van der Waals surface area contributed by atoms with Crippen molar-refractivity contribution >= 4 is 43.9 Å². The molecule has 0 fully saturated rings. The zero-order valence-electron chi connectivity index (χ0n) is 18.3. The first kappa shape index (κ1) is 23.2. The normalized spacial score (nSPS) is 11.4. The number of carbonyl (C=O) groups is 2. The van der Waals surface area contributed by atoms with E-state index < -0.39 is 21.4 Å². The third-order valence-corrected chi connectivity index (χ3v) is 6.86. The van der Waals surface area contributed by atoms with Gasteiger partial charge in [0.05, 0.1) is 10.6 Å². The molecular formula is C25H22FN3O4S. The van der Waals surface area contributed by atoms with Gasteiger partial charge in [-0.2, -0.15) is 0 Å². The molecule has 0 radical (unpaired) electrons. The number of sulfone groups is 1. The molecule has 0 bridgehead atoms. The van der Waals surface area contributed by atoms with E-state index in [1.165, 1.54) is 31.3 Å². The molecule has 34 heavy (non-hydrogen) atoms. The topological polar surface area (TPSA) is 97.3 Å². The van der Waals surface area contributed by atoms with Gasteiger partial charge in [0.15, 0.2) is 9.84 Å². The molecule has 0 saturated carbocycles. The summed E-state index contributed by atoms with van der Waals surface area (Å²) in [4.78, 5) is 24.0. The van der Waals surface area contributed by atoms with Gasteiger partial charge < -0.3 is 15.2 Å². The minimum absolute atomic E-state index is 0.0341. The molecule has 0 atom stereocenters. The van der Waals surface area contributed by atoms with E-state index in [4.69, 9.17) is 0 Å². The van der Waals surface area contributed by atoms with Crippen molar-refractivity contribution in [3.05, 3.63) is 90.4 Å². The number of nitrogens with one attached hydrogen (secondary N) is 2. The number of hydrogen-bond donors (Lipinski definition) is 2. The van der Waals surface area contributed by atoms with E-state index >= 15 is 0 Å². The van der Waals surface area contributed by atoms with Gasteiger partial charge in [-0.1, -0.05) is 42.5 Å². The third kappa shape index (κ3) is 5.15. The molecule has 2 N–H and O–H groups in total. The van der Waals surface area contributed by atoms with Gasteiger partial charge in [-0.15, -0.1) is 0 Å². The Hall–Kier alpha value is -3.98. The Kier molecular flexibility index (Phi) is 6.47. The second-order valence-corrected chi connectivity index (χ2v) is 9.76. The maximum absolute atomic E-state index is 14.1. The van der Waals surface area contributed by atoms with Crippen molar-refractivity contribution in [3.8, 4) is 0 Å². The fraction of sp³-hybridized carbons (Fsp3) is 0.120. The molecule has 0 spiro atoms. The van der Waals surface area contributed by atoms with Crippen LogP contribution in [0.25, 0.3) is 10.9 Å². The predicted molar refractivity (Wildman–Crippen MR) is 129 cm³/mol. The van der Waals surface area contributed by atoms with E-state index in [2.05, 4.69) is 10.6 Å². The number of rotatable bonds is 7. The molecule has 4 rings (SSSR count). The third-order valence-electron chi connectivity index (χ3n) is 5.17. The van der Waals surface area contributed by atoms with E-state index in [9.17, 15) is 22.4 Å². The first-order chi connectivity index (χ1) is 16.2. The Bertz CT molecular complexity index is 1500. The van der Waals surface area contributed by atoms with Crippen LogP contribution in [0.1, 0.15) is 12.5 Å². The van der Waals surface area contributed by atoms with Crippen LogP contribution in [-0.4, -0.2) is 24.8 Å². The average molecular weight is 480 g/mol. The van der Waals surface area contributed by atoms with Gasteiger partial charge in [0.2, 0.25) is 11.8 Å². The van der Waals surface area contributed by atoms with E-state index in [0.29, 0.717) is 22.3 Å². The molecule has 1 heterocycles. The highest BCUT2D eigenvalue weighted by molar-refractivity contribution is 7.90. The summed E-state index contributed by atoms with van der Waals surface area (Å²) >= 11 is 0. The van der Waals surface area contributed by atoms with Gasteiger partial charge >= 0.3 is 0 Å². The Morgan fingerprint density at radius 2 is 1.59 bits per heavy atom. The maximum Gasteiger partial charge on any atom is 0.244 e. The van der Waals surface area contributed by atoms with Crippen molar-refractivity contribution in [3.63, 3.8) is 0 Å². The first-order valence-electron chi connectivity index (χ1n) is 10.4. The lowest BCUT2D eigenvalue weighted by Gasteiger charge is -2.09. The highest BCUT2D eigenvalue weighted by Crippen LogP contribution is 2.28. The Balaban J connectivity index is 1.60. The zero-order chi connectivity index (χ0) is 24.3. The monoisotopic (exact) mass is 479 g/mol. The van der Waals surface area contributed by atoms with Crippen LogP contribution in [0, 0.1) is 5.82 Å². The molecule has 0 aliphatic heterocycles. The summed E-state index contributed by atoms with van der Waals surface area (Å²) in [5.74, 6) is -1.68. The second-order valence-electron chi connectivity index (χ2n) is 7.80. The first-order valence-corrected chi connectivity index (χ1v) is 12.1. The lowest BCUT2D eigenvalue weighted by atomic mass is 10.2. The van der Waals surface area contributed by atoms with Crippen LogP contribution in [0.5, 0.6) is 0 Å². The van der Waals surface area contributed by atoms with E-state index in [1.807, 2.05) is 0 Å². The summed E-state index contributed by atoms with van der Waals surface area (Å²) in [7, 11) is -3.89. The van der Waals surface area contributed by atoms with Crippen molar-refractivity contribution in [1.82, 2.24) is 4.57 Å². The number of carbonyl (C=O) groups excluding carboxylic acids is 2. The zero-order valence-corrected chi connectivity index (χ0v) is 19.1. The fourth-order valence-corrected chi connectivity index (χ4v) is 5.32. The van der Waals surface area contributed by atoms with Gasteiger partial charge in [0, 0.05) is 41.0 Å². The van der Waals surface area contributed by atoms with E-state index in [1.54, 1.807) is 59.2 Å². The highest BCUT2D eigenvalue weighted by Gasteiger charge is 2.23. The average Bonchev–Trinajstić information content (AvgIpc) is 3.14. The van der Waals surface area contributed by atoms with Crippen LogP contribution in [0.15, 0.2) is 83.9 Å². The van der Waals surface area contributed by atoms with Gasteiger partial charge in [0.1, 0.15) is 12.4 Å².